The quantitative estimate of drug-likeness (QED) is 0.917. The second-order valence-electron chi connectivity index (χ2n) is 6.15. The molecule has 1 fully saturated rings. The normalized spacial score (nSPS) is 23.0. The number of rotatable bonds is 3. The Morgan fingerprint density at radius 3 is 2.83 bits per heavy atom. The van der Waals surface area contributed by atoms with Crippen molar-refractivity contribution in [2.24, 2.45) is 5.73 Å². The molecule has 1 aliphatic heterocycles. The first-order valence-corrected chi connectivity index (χ1v) is 7.67. The highest BCUT2D eigenvalue weighted by atomic mass is 32.1. The summed E-state index contributed by atoms with van der Waals surface area (Å²) in [5.74, 6) is 0. The van der Waals surface area contributed by atoms with Gasteiger partial charge in [0.1, 0.15) is 0 Å². The van der Waals surface area contributed by atoms with Gasteiger partial charge in [-0.15, -0.1) is 11.3 Å². The van der Waals surface area contributed by atoms with Gasteiger partial charge in [0.15, 0.2) is 0 Å². The van der Waals surface area contributed by atoms with Crippen LogP contribution in [0.15, 0.2) is 5.38 Å². The lowest BCUT2D eigenvalue weighted by Crippen LogP contribution is -2.40. The molecule has 102 valence electrons. The van der Waals surface area contributed by atoms with Gasteiger partial charge in [0.05, 0.1) is 16.8 Å². The standard InChI is InChI=1S/C14H24N2OS/c1-14(2,3)12-9-18-13(16-12)8-10(15)11-6-4-5-7-17-11/h9-11H,4-8,15H2,1-3H3. The van der Waals surface area contributed by atoms with Crippen LogP contribution in [0.1, 0.15) is 50.7 Å². The smallest absolute Gasteiger partial charge is 0.0944 e. The highest BCUT2D eigenvalue weighted by molar-refractivity contribution is 7.09. The fraction of sp³-hybridized carbons (Fsp3) is 0.786. The summed E-state index contributed by atoms with van der Waals surface area (Å²) < 4.78 is 5.74. The summed E-state index contributed by atoms with van der Waals surface area (Å²) in [5.41, 5.74) is 7.53. The average Bonchev–Trinajstić information content (AvgIpc) is 2.78. The number of aromatic nitrogens is 1. The van der Waals surface area contributed by atoms with Crippen molar-refractivity contribution in [1.29, 1.82) is 0 Å². The summed E-state index contributed by atoms with van der Waals surface area (Å²) in [4.78, 5) is 4.70. The minimum Gasteiger partial charge on any atom is -0.377 e. The van der Waals surface area contributed by atoms with Gasteiger partial charge >= 0.3 is 0 Å². The number of thiazole rings is 1. The van der Waals surface area contributed by atoms with Crippen molar-refractivity contribution in [3.05, 3.63) is 16.1 Å². The van der Waals surface area contributed by atoms with Crippen LogP contribution in [0.5, 0.6) is 0 Å². The largest absolute Gasteiger partial charge is 0.377 e. The highest BCUT2D eigenvalue weighted by Crippen LogP contribution is 2.25. The van der Waals surface area contributed by atoms with E-state index in [0.717, 1.165) is 24.5 Å². The predicted molar refractivity (Wildman–Crippen MR) is 76.1 cm³/mol. The highest BCUT2D eigenvalue weighted by Gasteiger charge is 2.23. The van der Waals surface area contributed by atoms with Gasteiger partial charge in [-0.2, -0.15) is 0 Å². The Morgan fingerprint density at radius 2 is 2.28 bits per heavy atom. The number of hydrogen-bond acceptors (Lipinski definition) is 4. The molecule has 1 aromatic heterocycles. The van der Waals surface area contributed by atoms with Crippen LogP contribution in [-0.4, -0.2) is 23.7 Å². The van der Waals surface area contributed by atoms with E-state index in [1.807, 2.05) is 0 Å². The summed E-state index contributed by atoms with van der Waals surface area (Å²) >= 11 is 1.72. The monoisotopic (exact) mass is 268 g/mol. The SMILES string of the molecule is CC(C)(C)c1csc(CC(N)C2CCCCO2)n1. The third-order valence-electron chi connectivity index (χ3n) is 3.42. The molecule has 1 aliphatic rings. The summed E-state index contributed by atoms with van der Waals surface area (Å²) in [7, 11) is 0. The number of nitrogens with two attached hydrogens (primary N) is 1. The molecule has 1 saturated heterocycles. The Balaban J connectivity index is 1.94. The molecule has 2 N–H and O–H groups in total. The van der Waals surface area contributed by atoms with E-state index in [-0.39, 0.29) is 17.6 Å². The van der Waals surface area contributed by atoms with E-state index in [2.05, 4.69) is 26.2 Å². The summed E-state index contributed by atoms with van der Waals surface area (Å²) in [6.45, 7) is 7.44. The fourth-order valence-corrected chi connectivity index (χ4v) is 3.28. The maximum Gasteiger partial charge on any atom is 0.0944 e. The van der Waals surface area contributed by atoms with Crippen LogP contribution < -0.4 is 5.73 Å². The van der Waals surface area contributed by atoms with E-state index in [1.54, 1.807) is 11.3 Å². The van der Waals surface area contributed by atoms with Gasteiger partial charge in [-0.1, -0.05) is 20.8 Å². The van der Waals surface area contributed by atoms with Gasteiger partial charge in [-0.25, -0.2) is 4.98 Å². The van der Waals surface area contributed by atoms with Crippen LogP contribution in [0.2, 0.25) is 0 Å². The molecule has 2 heterocycles. The lowest BCUT2D eigenvalue weighted by molar-refractivity contribution is 0.000620. The van der Waals surface area contributed by atoms with Crippen LogP contribution in [0, 0.1) is 0 Å². The lowest BCUT2D eigenvalue weighted by Gasteiger charge is -2.27. The minimum absolute atomic E-state index is 0.0873. The molecular weight excluding hydrogens is 244 g/mol. The van der Waals surface area contributed by atoms with E-state index in [0.29, 0.717) is 0 Å². The zero-order valence-electron chi connectivity index (χ0n) is 11.6. The second-order valence-corrected chi connectivity index (χ2v) is 7.09. The minimum atomic E-state index is 0.0873. The van der Waals surface area contributed by atoms with Crippen LogP contribution >= 0.6 is 11.3 Å². The van der Waals surface area contributed by atoms with Crippen molar-refractivity contribution >= 4 is 11.3 Å². The van der Waals surface area contributed by atoms with Crippen molar-refractivity contribution in [2.45, 2.75) is 64.0 Å². The molecule has 0 bridgehead atoms. The van der Waals surface area contributed by atoms with Crippen molar-refractivity contribution in [3.8, 4) is 0 Å². The molecule has 1 aromatic rings. The Hall–Kier alpha value is -0.450. The van der Waals surface area contributed by atoms with E-state index in [9.17, 15) is 0 Å². The summed E-state index contributed by atoms with van der Waals surface area (Å²) in [6, 6.07) is 0.0873. The first kappa shape index (κ1) is 14.0. The zero-order valence-corrected chi connectivity index (χ0v) is 12.4. The van der Waals surface area contributed by atoms with Crippen molar-refractivity contribution in [2.75, 3.05) is 6.61 Å². The number of nitrogens with zero attached hydrogens (tertiary/aromatic N) is 1. The number of ether oxygens (including phenoxy) is 1. The molecule has 0 amide bonds. The Labute approximate surface area is 114 Å². The molecule has 4 heteroatoms. The molecule has 3 nitrogen and oxygen atoms in total. The Kier molecular flexibility index (Phi) is 4.41. The van der Waals surface area contributed by atoms with Crippen molar-refractivity contribution < 1.29 is 4.74 Å². The number of hydrogen-bond donors (Lipinski definition) is 1. The average molecular weight is 268 g/mol. The molecular formula is C14H24N2OS. The van der Waals surface area contributed by atoms with Crippen molar-refractivity contribution in [1.82, 2.24) is 4.98 Å². The van der Waals surface area contributed by atoms with E-state index in [4.69, 9.17) is 15.5 Å². The van der Waals surface area contributed by atoms with Gasteiger partial charge in [-0.3, -0.25) is 0 Å². The van der Waals surface area contributed by atoms with E-state index in [1.165, 1.54) is 18.5 Å². The van der Waals surface area contributed by atoms with Crippen LogP contribution in [0.4, 0.5) is 0 Å². The van der Waals surface area contributed by atoms with Gasteiger partial charge < -0.3 is 10.5 Å². The van der Waals surface area contributed by atoms with Crippen LogP contribution in [0.3, 0.4) is 0 Å². The molecule has 0 saturated carbocycles. The fourth-order valence-electron chi connectivity index (χ4n) is 2.19. The summed E-state index contributed by atoms with van der Waals surface area (Å²) in [5, 5.41) is 3.30. The molecule has 0 radical (unpaired) electrons. The van der Waals surface area contributed by atoms with Gasteiger partial charge in [-0.05, 0) is 19.3 Å². The van der Waals surface area contributed by atoms with E-state index < -0.39 is 0 Å². The Bertz CT molecular complexity index is 377. The van der Waals surface area contributed by atoms with Crippen LogP contribution in [-0.2, 0) is 16.6 Å². The van der Waals surface area contributed by atoms with Crippen molar-refractivity contribution in [3.63, 3.8) is 0 Å². The topological polar surface area (TPSA) is 48.1 Å². The second kappa shape index (κ2) is 5.68. The summed E-state index contributed by atoms with van der Waals surface area (Å²) in [6.07, 6.45) is 4.57. The maximum absolute atomic E-state index is 6.24. The van der Waals surface area contributed by atoms with Gasteiger partial charge in [0.25, 0.3) is 0 Å². The van der Waals surface area contributed by atoms with E-state index >= 15 is 0 Å². The molecule has 0 aromatic carbocycles. The van der Waals surface area contributed by atoms with Crippen LogP contribution in [0.25, 0.3) is 0 Å². The lowest BCUT2D eigenvalue weighted by atomic mass is 9.93. The predicted octanol–water partition coefficient (Wildman–Crippen LogP) is 2.88. The first-order chi connectivity index (χ1) is 8.47. The molecule has 2 atom stereocenters. The molecule has 0 spiro atoms. The van der Waals surface area contributed by atoms with Gasteiger partial charge in [0, 0.05) is 29.9 Å². The third-order valence-corrected chi connectivity index (χ3v) is 4.29. The molecule has 0 aliphatic carbocycles. The molecule has 18 heavy (non-hydrogen) atoms. The zero-order chi connectivity index (χ0) is 13.2. The Morgan fingerprint density at radius 1 is 1.50 bits per heavy atom. The third kappa shape index (κ3) is 3.53. The molecule has 2 rings (SSSR count). The maximum atomic E-state index is 6.24. The van der Waals surface area contributed by atoms with Gasteiger partial charge in [0.2, 0.25) is 0 Å². The first-order valence-electron chi connectivity index (χ1n) is 6.79. The molecule has 2 unspecified atom stereocenters.